The van der Waals surface area contributed by atoms with Gasteiger partial charge in [-0.1, -0.05) is 12.1 Å². The van der Waals surface area contributed by atoms with Gasteiger partial charge >= 0.3 is 12.6 Å². The van der Waals surface area contributed by atoms with Crippen LogP contribution >= 0.6 is 0 Å². The molecule has 27 heavy (non-hydrogen) atoms. The lowest BCUT2D eigenvalue weighted by atomic mass is 10.1. The van der Waals surface area contributed by atoms with Gasteiger partial charge in [0.25, 0.3) is 5.91 Å². The number of alkyl halides is 2. The van der Waals surface area contributed by atoms with E-state index in [-0.39, 0.29) is 17.9 Å². The Labute approximate surface area is 155 Å². The molecule has 0 radical (unpaired) electrons. The Morgan fingerprint density at radius 1 is 1.15 bits per heavy atom. The van der Waals surface area contributed by atoms with Gasteiger partial charge in [-0.25, -0.2) is 4.79 Å². The van der Waals surface area contributed by atoms with Crippen LogP contribution in [0.3, 0.4) is 0 Å². The molecule has 0 saturated carbocycles. The smallest absolute Gasteiger partial charge is 0.387 e. The van der Waals surface area contributed by atoms with Crippen molar-refractivity contribution in [1.29, 1.82) is 0 Å². The highest BCUT2D eigenvalue weighted by Crippen LogP contribution is 2.22. The van der Waals surface area contributed by atoms with Crippen LogP contribution in [0.1, 0.15) is 17.3 Å². The summed E-state index contributed by atoms with van der Waals surface area (Å²) in [7, 11) is 0. The quantitative estimate of drug-likeness (QED) is 0.760. The van der Waals surface area contributed by atoms with Gasteiger partial charge in [0, 0.05) is 32.7 Å². The lowest BCUT2D eigenvalue weighted by Crippen LogP contribution is -2.52. The Balaban J connectivity index is 1.88. The molecule has 1 fully saturated rings. The molecule has 10 heteroatoms. The van der Waals surface area contributed by atoms with Crippen molar-refractivity contribution in [1.82, 2.24) is 20.4 Å². The Bertz CT molecular complexity index is 679. The SMILES string of the molecule is CCNC(=O)NC(=O)CN1CCN(C(=O)c2ccccc2OC(F)F)CC1. The van der Waals surface area contributed by atoms with Crippen LogP contribution in [0.5, 0.6) is 5.75 Å². The number of piperazine rings is 1. The van der Waals surface area contributed by atoms with Crippen molar-refractivity contribution in [3.63, 3.8) is 0 Å². The lowest BCUT2D eigenvalue weighted by Gasteiger charge is -2.34. The number of hydrogen-bond donors (Lipinski definition) is 2. The fourth-order valence-electron chi connectivity index (χ4n) is 2.70. The molecule has 1 aromatic rings. The number of nitrogens with zero attached hydrogens (tertiary/aromatic N) is 2. The largest absolute Gasteiger partial charge is 0.434 e. The molecule has 0 aliphatic carbocycles. The molecule has 148 valence electrons. The van der Waals surface area contributed by atoms with E-state index in [1.54, 1.807) is 17.9 Å². The highest BCUT2D eigenvalue weighted by atomic mass is 19.3. The maximum Gasteiger partial charge on any atom is 0.387 e. The number of rotatable bonds is 6. The van der Waals surface area contributed by atoms with Crippen LogP contribution in [0, 0.1) is 0 Å². The number of urea groups is 1. The second kappa shape index (κ2) is 9.81. The van der Waals surface area contributed by atoms with Crippen LogP contribution in [-0.2, 0) is 4.79 Å². The average molecular weight is 384 g/mol. The molecular weight excluding hydrogens is 362 g/mol. The van der Waals surface area contributed by atoms with Gasteiger partial charge in [0.1, 0.15) is 5.75 Å². The standard InChI is InChI=1S/C17H22F2N4O4/c1-2-20-17(26)21-14(24)11-22-7-9-23(10-8-22)15(25)12-5-3-4-6-13(12)27-16(18)19/h3-6,16H,2,7-11H2,1H3,(H2,20,21,24,26). The van der Waals surface area contributed by atoms with Crippen LogP contribution in [0.15, 0.2) is 24.3 Å². The molecule has 4 amide bonds. The minimum Gasteiger partial charge on any atom is -0.434 e. The third-order valence-corrected chi connectivity index (χ3v) is 3.95. The van der Waals surface area contributed by atoms with Crippen LogP contribution in [0.4, 0.5) is 13.6 Å². The van der Waals surface area contributed by atoms with Gasteiger partial charge in [-0.05, 0) is 19.1 Å². The van der Waals surface area contributed by atoms with Crippen molar-refractivity contribution >= 4 is 17.8 Å². The van der Waals surface area contributed by atoms with E-state index < -0.39 is 24.5 Å². The van der Waals surface area contributed by atoms with Crippen molar-refractivity contribution in [2.24, 2.45) is 0 Å². The fourth-order valence-corrected chi connectivity index (χ4v) is 2.70. The fraction of sp³-hybridized carbons (Fsp3) is 0.471. The van der Waals surface area contributed by atoms with Gasteiger partial charge in [0.2, 0.25) is 5.91 Å². The summed E-state index contributed by atoms with van der Waals surface area (Å²) >= 11 is 0. The van der Waals surface area contributed by atoms with Gasteiger partial charge in [-0.3, -0.25) is 19.8 Å². The molecule has 1 heterocycles. The minimum absolute atomic E-state index is 0.0320. The Morgan fingerprint density at radius 2 is 1.81 bits per heavy atom. The summed E-state index contributed by atoms with van der Waals surface area (Å²) in [6.45, 7) is 0.677. The lowest BCUT2D eigenvalue weighted by molar-refractivity contribution is -0.121. The second-order valence-corrected chi connectivity index (χ2v) is 5.85. The summed E-state index contributed by atoms with van der Waals surface area (Å²) < 4.78 is 29.4. The zero-order chi connectivity index (χ0) is 19.8. The van der Waals surface area contributed by atoms with E-state index in [1.165, 1.54) is 23.1 Å². The summed E-state index contributed by atoms with van der Waals surface area (Å²) in [6.07, 6.45) is 0. The minimum atomic E-state index is -3.01. The maximum atomic E-state index is 12.6. The summed E-state index contributed by atoms with van der Waals surface area (Å²) in [6, 6.07) is 5.30. The maximum absolute atomic E-state index is 12.6. The summed E-state index contributed by atoms with van der Waals surface area (Å²) in [5.74, 6) is -1.00. The molecule has 0 aromatic heterocycles. The molecule has 1 aromatic carbocycles. The van der Waals surface area contributed by atoms with E-state index >= 15 is 0 Å². The van der Waals surface area contributed by atoms with E-state index in [0.29, 0.717) is 32.7 Å². The van der Waals surface area contributed by atoms with E-state index in [4.69, 9.17) is 0 Å². The van der Waals surface area contributed by atoms with Crippen LogP contribution in [-0.4, -0.2) is 73.5 Å². The highest BCUT2D eigenvalue weighted by molar-refractivity contribution is 5.97. The number of carbonyl (C=O) groups excluding carboxylic acids is 3. The number of amides is 4. The number of benzene rings is 1. The van der Waals surface area contributed by atoms with Crippen molar-refractivity contribution in [2.45, 2.75) is 13.5 Å². The Hall–Kier alpha value is -2.75. The molecular formula is C17H22F2N4O4. The summed E-state index contributed by atoms with van der Waals surface area (Å²) in [5, 5.41) is 4.68. The van der Waals surface area contributed by atoms with Gasteiger partial charge in [-0.2, -0.15) is 8.78 Å². The molecule has 1 aliphatic heterocycles. The van der Waals surface area contributed by atoms with E-state index in [9.17, 15) is 23.2 Å². The second-order valence-electron chi connectivity index (χ2n) is 5.85. The Morgan fingerprint density at radius 3 is 2.44 bits per heavy atom. The number of carbonyl (C=O) groups is 3. The topological polar surface area (TPSA) is 91.0 Å². The van der Waals surface area contributed by atoms with Crippen LogP contribution in [0.25, 0.3) is 0 Å². The first-order chi connectivity index (χ1) is 12.9. The molecule has 0 unspecified atom stereocenters. The number of hydrogen-bond acceptors (Lipinski definition) is 5. The average Bonchev–Trinajstić information content (AvgIpc) is 2.62. The van der Waals surface area contributed by atoms with Crippen molar-refractivity contribution in [2.75, 3.05) is 39.3 Å². The first-order valence-corrected chi connectivity index (χ1v) is 8.53. The zero-order valence-electron chi connectivity index (χ0n) is 14.9. The van der Waals surface area contributed by atoms with E-state index in [1.807, 2.05) is 0 Å². The van der Waals surface area contributed by atoms with Crippen molar-refractivity contribution in [3.8, 4) is 5.75 Å². The number of nitrogens with one attached hydrogen (secondary N) is 2. The van der Waals surface area contributed by atoms with Gasteiger partial charge in [0.15, 0.2) is 0 Å². The molecule has 8 nitrogen and oxygen atoms in total. The number of ether oxygens (including phenoxy) is 1. The zero-order valence-corrected chi connectivity index (χ0v) is 14.9. The summed E-state index contributed by atoms with van der Waals surface area (Å²) in [5.41, 5.74) is 0.0697. The molecule has 0 bridgehead atoms. The van der Waals surface area contributed by atoms with Gasteiger partial charge in [-0.15, -0.1) is 0 Å². The predicted octanol–water partition coefficient (Wildman–Crippen LogP) is 0.892. The summed E-state index contributed by atoms with van der Waals surface area (Å²) in [4.78, 5) is 39.0. The van der Waals surface area contributed by atoms with Crippen LogP contribution < -0.4 is 15.4 Å². The number of halogens is 2. The molecule has 1 saturated heterocycles. The normalized spacial score (nSPS) is 14.7. The van der Waals surface area contributed by atoms with Crippen molar-refractivity contribution < 1.29 is 27.9 Å². The molecule has 0 atom stereocenters. The predicted molar refractivity (Wildman–Crippen MR) is 92.6 cm³/mol. The highest BCUT2D eigenvalue weighted by Gasteiger charge is 2.26. The third kappa shape index (κ3) is 6.17. The molecule has 0 spiro atoms. The molecule has 2 N–H and O–H groups in total. The third-order valence-electron chi connectivity index (χ3n) is 3.95. The monoisotopic (exact) mass is 384 g/mol. The Kier molecular flexibility index (Phi) is 7.47. The molecule has 1 aliphatic rings. The van der Waals surface area contributed by atoms with Gasteiger partial charge in [0.05, 0.1) is 12.1 Å². The number of para-hydroxylation sites is 1. The van der Waals surface area contributed by atoms with Gasteiger partial charge < -0.3 is 15.0 Å². The molecule has 2 rings (SSSR count). The van der Waals surface area contributed by atoms with E-state index in [2.05, 4.69) is 15.4 Å². The first-order valence-electron chi connectivity index (χ1n) is 8.53. The number of imide groups is 1. The van der Waals surface area contributed by atoms with Crippen molar-refractivity contribution in [3.05, 3.63) is 29.8 Å². The van der Waals surface area contributed by atoms with Crippen LogP contribution in [0.2, 0.25) is 0 Å². The first kappa shape index (κ1) is 20.6. The van der Waals surface area contributed by atoms with E-state index in [0.717, 1.165) is 0 Å².